The molecule has 1 heterocycles. The van der Waals surface area contributed by atoms with Crippen LogP contribution < -0.4 is 5.32 Å². The average molecular weight is 347 g/mol. The summed E-state index contributed by atoms with van der Waals surface area (Å²) < 4.78 is 0.867. The first-order valence-electron chi connectivity index (χ1n) is 6.21. The molecule has 1 aliphatic heterocycles. The fourth-order valence-electron chi connectivity index (χ4n) is 1.97. The molecule has 0 aromatic heterocycles. The molecule has 1 amide bonds. The lowest BCUT2D eigenvalue weighted by Gasteiger charge is -2.32. The Morgan fingerprint density at radius 2 is 2.05 bits per heavy atom. The number of likely N-dealkylation sites (N-methyl/N-ethyl adjacent to an activating group) is 1. The summed E-state index contributed by atoms with van der Waals surface area (Å²) in [7, 11) is 2.07. The third kappa shape index (κ3) is 4.09. The molecule has 1 saturated heterocycles. The number of amides is 1. The number of carbonyl (C=O) groups is 1. The summed E-state index contributed by atoms with van der Waals surface area (Å²) in [6.45, 7) is 3.80. The number of anilines is 1. The van der Waals surface area contributed by atoms with Gasteiger partial charge in [0.2, 0.25) is 5.91 Å². The van der Waals surface area contributed by atoms with Gasteiger partial charge in [0, 0.05) is 41.4 Å². The van der Waals surface area contributed by atoms with E-state index in [1.807, 2.05) is 17.0 Å². The second-order valence-electron chi connectivity index (χ2n) is 4.66. The number of nitrogens with one attached hydrogen (secondary N) is 1. The number of benzene rings is 1. The van der Waals surface area contributed by atoms with Crippen LogP contribution in [0.1, 0.15) is 0 Å². The molecule has 1 aliphatic rings. The molecule has 0 unspecified atom stereocenters. The maximum atomic E-state index is 12.1. The Labute approximate surface area is 126 Å². The highest BCUT2D eigenvalue weighted by atomic mass is 79.9. The maximum Gasteiger partial charge on any atom is 0.241 e. The van der Waals surface area contributed by atoms with Crippen molar-refractivity contribution in [3.8, 4) is 0 Å². The molecule has 0 spiro atoms. The minimum Gasteiger partial charge on any atom is -0.375 e. The Balaban J connectivity index is 1.86. The summed E-state index contributed by atoms with van der Waals surface area (Å²) in [4.78, 5) is 16.2. The van der Waals surface area contributed by atoms with Crippen molar-refractivity contribution in [3.63, 3.8) is 0 Å². The van der Waals surface area contributed by atoms with Gasteiger partial charge in [-0.05, 0) is 41.2 Å². The Bertz CT molecular complexity index is 461. The number of halogens is 2. The first-order chi connectivity index (χ1) is 9.06. The van der Waals surface area contributed by atoms with Crippen molar-refractivity contribution in [3.05, 3.63) is 27.7 Å². The predicted molar refractivity (Wildman–Crippen MR) is 81.7 cm³/mol. The van der Waals surface area contributed by atoms with Crippen LogP contribution in [0.3, 0.4) is 0 Å². The van der Waals surface area contributed by atoms with Crippen LogP contribution in [0.15, 0.2) is 22.7 Å². The highest BCUT2D eigenvalue weighted by molar-refractivity contribution is 9.10. The summed E-state index contributed by atoms with van der Waals surface area (Å²) >= 11 is 9.30. The second kappa shape index (κ2) is 6.59. The standard InChI is InChI=1S/C13H17BrClN3O/c1-17-4-6-18(7-5-17)13(19)9-16-12-3-2-10(15)8-11(12)14/h2-3,8,16H,4-7,9H2,1H3. The molecule has 104 valence electrons. The Kier molecular flexibility index (Phi) is 5.07. The van der Waals surface area contributed by atoms with Gasteiger partial charge in [-0.3, -0.25) is 4.79 Å². The van der Waals surface area contributed by atoms with E-state index in [4.69, 9.17) is 11.6 Å². The Morgan fingerprint density at radius 1 is 1.37 bits per heavy atom. The van der Waals surface area contributed by atoms with E-state index in [0.29, 0.717) is 11.6 Å². The molecule has 4 nitrogen and oxygen atoms in total. The first kappa shape index (κ1) is 14.6. The van der Waals surface area contributed by atoms with Crippen LogP contribution >= 0.6 is 27.5 Å². The second-order valence-corrected chi connectivity index (χ2v) is 5.95. The van der Waals surface area contributed by atoms with E-state index >= 15 is 0 Å². The first-order valence-corrected chi connectivity index (χ1v) is 7.38. The van der Waals surface area contributed by atoms with Gasteiger partial charge >= 0.3 is 0 Å². The van der Waals surface area contributed by atoms with Crippen LogP contribution in [0, 0.1) is 0 Å². The van der Waals surface area contributed by atoms with Crippen LogP contribution in [-0.4, -0.2) is 55.5 Å². The van der Waals surface area contributed by atoms with Gasteiger partial charge in [0.15, 0.2) is 0 Å². The van der Waals surface area contributed by atoms with E-state index in [9.17, 15) is 4.79 Å². The quantitative estimate of drug-likeness (QED) is 0.912. The monoisotopic (exact) mass is 345 g/mol. The molecule has 0 saturated carbocycles. The topological polar surface area (TPSA) is 35.6 Å². The Hall–Kier alpha value is -0.780. The highest BCUT2D eigenvalue weighted by Crippen LogP contribution is 2.25. The van der Waals surface area contributed by atoms with Crippen LogP contribution in [0.4, 0.5) is 5.69 Å². The SMILES string of the molecule is CN1CCN(C(=O)CNc2ccc(Cl)cc2Br)CC1. The predicted octanol–water partition coefficient (Wildman–Crippen LogP) is 2.29. The summed E-state index contributed by atoms with van der Waals surface area (Å²) in [5.74, 6) is 0.134. The lowest BCUT2D eigenvalue weighted by Crippen LogP contribution is -2.48. The van der Waals surface area contributed by atoms with Crippen molar-refractivity contribution in [2.45, 2.75) is 0 Å². The zero-order valence-electron chi connectivity index (χ0n) is 10.8. The molecule has 1 aromatic rings. The van der Waals surface area contributed by atoms with Gasteiger partial charge in [-0.1, -0.05) is 11.6 Å². The fourth-order valence-corrected chi connectivity index (χ4v) is 2.79. The average Bonchev–Trinajstić information content (AvgIpc) is 2.38. The fraction of sp³-hybridized carbons (Fsp3) is 0.462. The van der Waals surface area contributed by atoms with Crippen molar-refractivity contribution < 1.29 is 4.79 Å². The normalized spacial score (nSPS) is 16.5. The van der Waals surface area contributed by atoms with Gasteiger partial charge in [-0.15, -0.1) is 0 Å². The van der Waals surface area contributed by atoms with E-state index in [2.05, 4.69) is 33.2 Å². The molecule has 1 fully saturated rings. The molecule has 0 atom stereocenters. The van der Waals surface area contributed by atoms with Gasteiger partial charge in [0.25, 0.3) is 0 Å². The van der Waals surface area contributed by atoms with Crippen LogP contribution in [0.25, 0.3) is 0 Å². The van der Waals surface area contributed by atoms with E-state index in [0.717, 1.165) is 36.3 Å². The van der Waals surface area contributed by atoms with Crippen molar-refractivity contribution in [1.29, 1.82) is 0 Å². The number of carbonyl (C=O) groups excluding carboxylic acids is 1. The summed E-state index contributed by atoms with van der Waals surface area (Å²) in [5, 5.41) is 3.81. The number of nitrogens with zero attached hydrogens (tertiary/aromatic N) is 2. The van der Waals surface area contributed by atoms with Gasteiger partial charge in [0.1, 0.15) is 0 Å². The lowest BCUT2D eigenvalue weighted by atomic mass is 10.3. The van der Waals surface area contributed by atoms with Gasteiger partial charge in [-0.2, -0.15) is 0 Å². The smallest absolute Gasteiger partial charge is 0.241 e. The maximum absolute atomic E-state index is 12.1. The van der Waals surface area contributed by atoms with Crippen molar-refractivity contribution in [2.75, 3.05) is 45.1 Å². The molecule has 6 heteroatoms. The van der Waals surface area contributed by atoms with Gasteiger partial charge in [0.05, 0.1) is 6.54 Å². The molecular formula is C13H17BrClN3O. The molecule has 0 bridgehead atoms. The van der Waals surface area contributed by atoms with Crippen LogP contribution in [-0.2, 0) is 4.79 Å². The van der Waals surface area contributed by atoms with E-state index in [1.54, 1.807) is 6.07 Å². The zero-order valence-corrected chi connectivity index (χ0v) is 13.2. The number of piperazine rings is 1. The summed E-state index contributed by atoms with van der Waals surface area (Å²) in [6, 6.07) is 5.48. The zero-order chi connectivity index (χ0) is 13.8. The third-order valence-electron chi connectivity index (χ3n) is 3.22. The van der Waals surface area contributed by atoms with Gasteiger partial charge < -0.3 is 15.1 Å². The highest BCUT2D eigenvalue weighted by Gasteiger charge is 2.18. The van der Waals surface area contributed by atoms with Crippen LogP contribution in [0.2, 0.25) is 5.02 Å². The molecule has 0 aliphatic carbocycles. The Morgan fingerprint density at radius 3 is 2.68 bits per heavy atom. The third-order valence-corrected chi connectivity index (χ3v) is 4.11. The molecular weight excluding hydrogens is 330 g/mol. The summed E-state index contributed by atoms with van der Waals surface area (Å²) in [6.07, 6.45) is 0. The molecule has 1 N–H and O–H groups in total. The number of rotatable bonds is 3. The van der Waals surface area contributed by atoms with Crippen molar-refractivity contribution in [1.82, 2.24) is 9.80 Å². The number of hydrogen-bond donors (Lipinski definition) is 1. The molecule has 0 radical (unpaired) electrons. The van der Waals surface area contributed by atoms with Gasteiger partial charge in [-0.25, -0.2) is 0 Å². The molecule has 19 heavy (non-hydrogen) atoms. The molecule has 1 aromatic carbocycles. The number of hydrogen-bond acceptors (Lipinski definition) is 3. The molecule has 2 rings (SSSR count). The van der Waals surface area contributed by atoms with Crippen molar-refractivity contribution >= 4 is 39.1 Å². The van der Waals surface area contributed by atoms with Crippen LogP contribution in [0.5, 0.6) is 0 Å². The van der Waals surface area contributed by atoms with E-state index < -0.39 is 0 Å². The van der Waals surface area contributed by atoms with E-state index in [1.165, 1.54) is 0 Å². The van der Waals surface area contributed by atoms with E-state index in [-0.39, 0.29) is 5.91 Å². The largest absolute Gasteiger partial charge is 0.375 e. The van der Waals surface area contributed by atoms with Crippen molar-refractivity contribution in [2.24, 2.45) is 0 Å². The minimum atomic E-state index is 0.134. The minimum absolute atomic E-state index is 0.134. The summed E-state index contributed by atoms with van der Waals surface area (Å²) in [5.41, 5.74) is 0.881. The lowest BCUT2D eigenvalue weighted by molar-refractivity contribution is -0.130.